The predicted octanol–water partition coefficient (Wildman–Crippen LogP) is 3.10. The van der Waals surface area contributed by atoms with Crippen molar-refractivity contribution in [3.8, 4) is 0 Å². The molecule has 0 aliphatic rings. The number of carbonyl (C=O) groups excluding carboxylic acids is 4. The lowest BCUT2D eigenvalue weighted by Gasteiger charge is -2.21. The first-order valence-corrected chi connectivity index (χ1v) is 12.6. The molecule has 1 aromatic carbocycles. The summed E-state index contributed by atoms with van der Waals surface area (Å²) in [4.78, 5) is 60.7. The van der Waals surface area contributed by atoms with E-state index in [4.69, 9.17) is 19.3 Å². The van der Waals surface area contributed by atoms with Gasteiger partial charge in [0.05, 0.1) is 13.2 Å². The SMILES string of the molecule is CCCCOC(=O)C(CCC(=O)OCc1ccccc1)NC(=O)N[C@@H](CCC(=O)O)C(=O)OCCCC. The highest BCUT2D eigenvalue weighted by Crippen LogP contribution is 2.07. The summed E-state index contributed by atoms with van der Waals surface area (Å²) in [6, 6.07) is 5.79. The third kappa shape index (κ3) is 14.5. The normalized spacial score (nSPS) is 12.1. The van der Waals surface area contributed by atoms with Crippen LogP contribution in [0.4, 0.5) is 4.79 Å². The number of hydrogen-bond donors (Lipinski definition) is 3. The van der Waals surface area contributed by atoms with E-state index >= 15 is 0 Å². The summed E-state index contributed by atoms with van der Waals surface area (Å²) in [5, 5.41) is 13.8. The molecule has 11 nitrogen and oxygen atoms in total. The van der Waals surface area contributed by atoms with Gasteiger partial charge in [0.15, 0.2) is 0 Å². The number of aliphatic carboxylic acids is 1. The molecule has 0 aliphatic heterocycles. The molecule has 0 radical (unpaired) electrons. The minimum atomic E-state index is -1.22. The molecule has 1 aromatic rings. The van der Waals surface area contributed by atoms with Gasteiger partial charge in [-0.2, -0.15) is 0 Å². The van der Waals surface area contributed by atoms with E-state index in [1.807, 2.05) is 32.0 Å². The number of carboxylic acids is 1. The number of ether oxygens (including phenoxy) is 3. The number of rotatable bonds is 18. The van der Waals surface area contributed by atoms with Crippen molar-refractivity contribution in [2.45, 2.75) is 83.9 Å². The Morgan fingerprint density at radius 2 is 1.30 bits per heavy atom. The van der Waals surface area contributed by atoms with E-state index in [-0.39, 0.29) is 45.5 Å². The lowest BCUT2D eigenvalue weighted by molar-refractivity contribution is -0.148. The topological polar surface area (TPSA) is 157 Å². The molecule has 37 heavy (non-hydrogen) atoms. The quantitative estimate of drug-likeness (QED) is 0.150. The number of carboxylic acid groups (broad SMARTS) is 1. The Bertz CT molecular complexity index is 861. The molecule has 0 bridgehead atoms. The number of amides is 2. The number of nitrogens with one attached hydrogen (secondary N) is 2. The van der Waals surface area contributed by atoms with Crippen LogP contribution in [0.3, 0.4) is 0 Å². The van der Waals surface area contributed by atoms with E-state index in [0.29, 0.717) is 12.8 Å². The minimum Gasteiger partial charge on any atom is -0.481 e. The number of unbranched alkanes of at least 4 members (excludes halogenated alkanes) is 2. The molecule has 0 heterocycles. The monoisotopic (exact) mass is 522 g/mol. The molecular weight excluding hydrogens is 484 g/mol. The van der Waals surface area contributed by atoms with Crippen LogP contribution in [0.15, 0.2) is 30.3 Å². The molecule has 2 amide bonds. The molecule has 0 spiro atoms. The summed E-state index contributed by atoms with van der Waals surface area (Å²) in [7, 11) is 0. The lowest BCUT2D eigenvalue weighted by Crippen LogP contribution is -2.52. The van der Waals surface area contributed by atoms with Gasteiger partial charge in [0.2, 0.25) is 0 Å². The first-order valence-electron chi connectivity index (χ1n) is 12.6. The third-order valence-corrected chi connectivity index (χ3v) is 5.19. The van der Waals surface area contributed by atoms with Gasteiger partial charge in [-0.15, -0.1) is 0 Å². The van der Waals surface area contributed by atoms with Crippen molar-refractivity contribution in [3.63, 3.8) is 0 Å². The maximum Gasteiger partial charge on any atom is 0.328 e. The average molecular weight is 523 g/mol. The van der Waals surface area contributed by atoms with Crippen LogP contribution in [0.25, 0.3) is 0 Å². The second-order valence-corrected chi connectivity index (χ2v) is 8.38. The van der Waals surface area contributed by atoms with Gasteiger partial charge in [0.25, 0.3) is 0 Å². The van der Waals surface area contributed by atoms with Crippen molar-refractivity contribution in [1.29, 1.82) is 0 Å². The van der Waals surface area contributed by atoms with Crippen LogP contribution in [0, 0.1) is 0 Å². The van der Waals surface area contributed by atoms with Crippen molar-refractivity contribution >= 4 is 29.9 Å². The number of urea groups is 1. The van der Waals surface area contributed by atoms with Crippen LogP contribution >= 0.6 is 0 Å². The molecule has 0 saturated carbocycles. The van der Waals surface area contributed by atoms with Gasteiger partial charge in [0, 0.05) is 12.8 Å². The maximum absolute atomic E-state index is 12.6. The first kappa shape index (κ1) is 31.4. The standard InChI is InChI=1S/C26H38N2O9/c1-3-5-16-35-24(32)20(12-14-22(29)30)27-26(34)28-21(25(33)36-17-6-4-2)13-15-23(31)37-18-19-10-8-7-9-11-19/h7-11,20-21H,3-6,12-18H2,1-2H3,(H,29,30)(H2,27,28,34)/t20-,21?/m0/s1. The van der Waals surface area contributed by atoms with Crippen LogP contribution < -0.4 is 10.6 Å². The molecule has 2 atom stereocenters. The Hall–Kier alpha value is -3.63. The molecule has 11 heteroatoms. The zero-order chi connectivity index (χ0) is 27.5. The molecule has 3 N–H and O–H groups in total. The number of esters is 3. The van der Waals surface area contributed by atoms with Crippen molar-refractivity contribution in [2.75, 3.05) is 13.2 Å². The smallest absolute Gasteiger partial charge is 0.328 e. The summed E-state index contributed by atoms with van der Waals surface area (Å²) in [6.45, 7) is 4.21. The lowest BCUT2D eigenvalue weighted by atomic mass is 10.1. The van der Waals surface area contributed by atoms with Gasteiger partial charge in [-0.25, -0.2) is 14.4 Å². The molecule has 206 valence electrons. The van der Waals surface area contributed by atoms with E-state index < -0.39 is 42.0 Å². The largest absolute Gasteiger partial charge is 0.481 e. The molecule has 1 unspecified atom stereocenters. The minimum absolute atomic E-state index is 0.0740. The number of hydrogen-bond acceptors (Lipinski definition) is 8. The van der Waals surface area contributed by atoms with Crippen LogP contribution in [-0.4, -0.2) is 60.3 Å². The summed E-state index contributed by atoms with van der Waals surface area (Å²) < 4.78 is 15.5. The van der Waals surface area contributed by atoms with Gasteiger partial charge < -0.3 is 30.0 Å². The Morgan fingerprint density at radius 3 is 1.78 bits per heavy atom. The average Bonchev–Trinajstić information content (AvgIpc) is 2.88. The second-order valence-electron chi connectivity index (χ2n) is 8.38. The van der Waals surface area contributed by atoms with Gasteiger partial charge in [0.1, 0.15) is 18.7 Å². The summed E-state index contributed by atoms with van der Waals surface area (Å²) in [5.74, 6) is -3.19. The highest BCUT2D eigenvalue weighted by Gasteiger charge is 2.27. The number of carbonyl (C=O) groups is 5. The van der Waals surface area contributed by atoms with Crippen LogP contribution in [0.1, 0.15) is 70.8 Å². The van der Waals surface area contributed by atoms with Gasteiger partial charge in [-0.3, -0.25) is 9.59 Å². The van der Waals surface area contributed by atoms with Crippen molar-refractivity contribution in [1.82, 2.24) is 10.6 Å². The van der Waals surface area contributed by atoms with Crippen molar-refractivity contribution in [3.05, 3.63) is 35.9 Å². The van der Waals surface area contributed by atoms with E-state index in [1.165, 1.54) is 0 Å². The van der Waals surface area contributed by atoms with Crippen LogP contribution in [0.2, 0.25) is 0 Å². The van der Waals surface area contributed by atoms with Crippen LogP contribution in [-0.2, 0) is 40.0 Å². The predicted molar refractivity (Wildman–Crippen MR) is 133 cm³/mol. The van der Waals surface area contributed by atoms with E-state index in [9.17, 15) is 24.0 Å². The molecule has 0 aliphatic carbocycles. The Labute approximate surface area is 217 Å². The molecule has 0 aromatic heterocycles. The third-order valence-electron chi connectivity index (χ3n) is 5.19. The molecule has 1 rings (SSSR count). The van der Waals surface area contributed by atoms with Gasteiger partial charge >= 0.3 is 29.9 Å². The Morgan fingerprint density at radius 1 is 0.784 bits per heavy atom. The molecule has 0 saturated heterocycles. The maximum atomic E-state index is 12.6. The molecular formula is C26H38N2O9. The van der Waals surface area contributed by atoms with Gasteiger partial charge in [-0.1, -0.05) is 57.0 Å². The van der Waals surface area contributed by atoms with E-state index in [2.05, 4.69) is 10.6 Å². The Kier molecular flexibility index (Phi) is 15.8. The second kappa shape index (κ2) is 18.6. The fourth-order valence-corrected chi connectivity index (χ4v) is 3.03. The van der Waals surface area contributed by atoms with Gasteiger partial charge in [-0.05, 0) is 31.2 Å². The highest BCUT2D eigenvalue weighted by atomic mass is 16.5. The first-order chi connectivity index (χ1) is 17.8. The summed E-state index contributed by atoms with van der Waals surface area (Å²) in [6.07, 6.45) is 2.02. The fourth-order valence-electron chi connectivity index (χ4n) is 3.03. The van der Waals surface area contributed by atoms with Crippen LogP contribution in [0.5, 0.6) is 0 Å². The summed E-state index contributed by atoms with van der Waals surface area (Å²) >= 11 is 0. The van der Waals surface area contributed by atoms with Crippen molar-refractivity contribution < 1.29 is 43.3 Å². The van der Waals surface area contributed by atoms with E-state index in [0.717, 1.165) is 18.4 Å². The number of benzene rings is 1. The van der Waals surface area contributed by atoms with Crippen molar-refractivity contribution in [2.24, 2.45) is 0 Å². The Balaban J connectivity index is 2.75. The summed E-state index contributed by atoms with van der Waals surface area (Å²) in [5.41, 5.74) is 0.808. The zero-order valence-electron chi connectivity index (χ0n) is 21.5. The zero-order valence-corrected chi connectivity index (χ0v) is 21.5. The molecule has 0 fully saturated rings. The highest BCUT2D eigenvalue weighted by molar-refractivity contribution is 5.87. The van der Waals surface area contributed by atoms with E-state index in [1.54, 1.807) is 12.1 Å². The fraction of sp³-hybridized carbons (Fsp3) is 0.577.